The highest BCUT2D eigenvalue weighted by molar-refractivity contribution is 5.78. The van der Waals surface area contributed by atoms with Crippen molar-refractivity contribution in [2.75, 3.05) is 25.1 Å². The molecular formula is C14H19N5O2. The molecule has 0 bridgehead atoms. The number of ether oxygens (including phenoxy) is 1. The fraction of sp³-hybridized carbons (Fsp3) is 0.571. The van der Waals surface area contributed by atoms with E-state index in [1.807, 2.05) is 13.0 Å². The van der Waals surface area contributed by atoms with Gasteiger partial charge in [0.25, 0.3) is 5.78 Å². The largest absolute Gasteiger partial charge is 0.469 e. The van der Waals surface area contributed by atoms with Crippen molar-refractivity contribution in [3.05, 3.63) is 18.1 Å². The summed E-state index contributed by atoms with van der Waals surface area (Å²) in [5.74, 6) is 1.36. The van der Waals surface area contributed by atoms with Crippen molar-refractivity contribution in [3.63, 3.8) is 0 Å². The first-order valence-corrected chi connectivity index (χ1v) is 7.10. The maximum Gasteiger partial charge on any atom is 0.313 e. The Morgan fingerprint density at radius 1 is 1.52 bits per heavy atom. The van der Waals surface area contributed by atoms with Crippen LogP contribution in [0.15, 0.2) is 12.4 Å². The molecular weight excluding hydrogens is 270 g/mol. The summed E-state index contributed by atoms with van der Waals surface area (Å²) in [7, 11) is 1.44. The number of hydrogen-bond donors (Lipinski definition) is 0. The molecule has 2 aromatic rings. The van der Waals surface area contributed by atoms with Crippen molar-refractivity contribution in [2.45, 2.75) is 26.7 Å². The third-order valence-corrected chi connectivity index (χ3v) is 4.12. The summed E-state index contributed by atoms with van der Waals surface area (Å²) >= 11 is 0. The topological polar surface area (TPSA) is 72.6 Å². The van der Waals surface area contributed by atoms with E-state index in [1.165, 1.54) is 13.4 Å². The number of methoxy groups -OCH3 is 1. The molecule has 1 aliphatic rings. The molecule has 7 nitrogen and oxygen atoms in total. The van der Waals surface area contributed by atoms with Crippen molar-refractivity contribution < 1.29 is 9.53 Å². The fourth-order valence-electron chi connectivity index (χ4n) is 2.82. The third kappa shape index (κ3) is 2.22. The highest BCUT2D eigenvalue weighted by Crippen LogP contribution is 2.34. The van der Waals surface area contributed by atoms with Crippen molar-refractivity contribution in [2.24, 2.45) is 5.41 Å². The summed E-state index contributed by atoms with van der Waals surface area (Å²) in [6.07, 6.45) is 3.10. The number of aryl methyl sites for hydroxylation is 1. The summed E-state index contributed by atoms with van der Waals surface area (Å²) < 4.78 is 6.65. The number of hydrogen-bond acceptors (Lipinski definition) is 6. The predicted octanol–water partition coefficient (Wildman–Crippen LogP) is 1.08. The van der Waals surface area contributed by atoms with Crippen LogP contribution < -0.4 is 4.90 Å². The molecule has 0 spiro atoms. The van der Waals surface area contributed by atoms with Crippen LogP contribution in [0.5, 0.6) is 0 Å². The van der Waals surface area contributed by atoms with Crippen molar-refractivity contribution in [1.29, 1.82) is 0 Å². The van der Waals surface area contributed by atoms with Gasteiger partial charge in [-0.2, -0.15) is 14.6 Å². The standard InChI is InChI=1S/C14H19N5O2/c1-4-10-7-11(19-13(17-10)15-9-16-19)18-6-5-14(2,8-18)12(20)21-3/h7,9H,4-6,8H2,1-3H3. The lowest BCUT2D eigenvalue weighted by Gasteiger charge is -2.23. The fourth-order valence-corrected chi connectivity index (χ4v) is 2.82. The molecule has 3 heterocycles. The Kier molecular flexibility index (Phi) is 3.27. The van der Waals surface area contributed by atoms with Gasteiger partial charge in [0, 0.05) is 24.8 Å². The molecule has 0 radical (unpaired) electrons. The van der Waals surface area contributed by atoms with Gasteiger partial charge in [0.2, 0.25) is 0 Å². The molecule has 1 saturated heterocycles. The number of esters is 1. The quantitative estimate of drug-likeness (QED) is 0.787. The van der Waals surface area contributed by atoms with E-state index in [2.05, 4.69) is 26.9 Å². The van der Waals surface area contributed by atoms with Crippen LogP contribution in [-0.2, 0) is 16.0 Å². The van der Waals surface area contributed by atoms with E-state index in [1.54, 1.807) is 4.52 Å². The number of nitrogens with zero attached hydrogens (tertiary/aromatic N) is 5. The van der Waals surface area contributed by atoms with Gasteiger partial charge >= 0.3 is 5.97 Å². The van der Waals surface area contributed by atoms with Crippen LogP contribution in [0.25, 0.3) is 5.78 Å². The number of carbonyl (C=O) groups is 1. The highest BCUT2D eigenvalue weighted by atomic mass is 16.5. The number of anilines is 1. The van der Waals surface area contributed by atoms with Gasteiger partial charge in [-0.1, -0.05) is 6.92 Å². The maximum atomic E-state index is 12.0. The molecule has 112 valence electrons. The average Bonchev–Trinajstić information content (AvgIpc) is 3.12. The summed E-state index contributed by atoms with van der Waals surface area (Å²) in [4.78, 5) is 22.7. The Labute approximate surface area is 122 Å². The lowest BCUT2D eigenvalue weighted by molar-refractivity contribution is -0.150. The molecule has 2 aromatic heterocycles. The minimum atomic E-state index is -0.475. The predicted molar refractivity (Wildman–Crippen MR) is 77.1 cm³/mol. The van der Waals surface area contributed by atoms with Crippen LogP contribution in [0.4, 0.5) is 5.82 Å². The zero-order valence-electron chi connectivity index (χ0n) is 12.5. The molecule has 0 N–H and O–H groups in total. The Bertz CT molecular complexity index is 683. The molecule has 1 fully saturated rings. The second-order valence-corrected chi connectivity index (χ2v) is 5.65. The minimum absolute atomic E-state index is 0.162. The monoisotopic (exact) mass is 289 g/mol. The van der Waals surface area contributed by atoms with Crippen molar-refractivity contribution in [1.82, 2.24) is 19.6 Å². The van der Waals surface area contributed by atoms with Crippen LogP contribution >= 0.6 is 0 Å². The lowest BCUT2D eigenvalue weighted by atomic mass is 9.90. The van der Waals surface area contributed by atoms with Crippen molar-refractivity contribution >= 4 is 17.6 Å². The smallest absolute Gasteiger partial charge is 0.313 e. The SMILES string of the molecule is CCc1cc(N2CCC(C)(C(=O)OC)C2)n2ncnc2n1. The van der Waals surface area contributed by atoms with Crippen molar-refractivity contribution in [3.8, 4) is 0 Å². The van der Waals surface area contributed by atoms with Gasteiger partial charge in [-0.15, -0.1) is 0 Å². The molecule has 21 heavy (non-hydrogen) atoms. The van der Waals surface area contributed by atoms with Gasteiger partial charge in [-0.05, 0) is 19.8 Å². The van der Waals surface area contributed by atoms with E-state index in [0.29, 0.717) is 12.3 Å². The second kappa shape index (κ2) is 4.98. The van der Waals surface area contributed by atoms with E-state index in [0.717, 1.165) is 30.9 Å². The van der Waals surface area contributed by atoms with E-state index >= 15 is 0 Å². The Morgan fingerprint density at radius 2 is 2.33 bits per heavy atom. The summed E-state index contributed by atoms with van der Waals surface area (Å²) in [5, 5.41) is 4.24. The zero-order chi connectivity index (χ0) is 15.0. The minimum Gasteiger partial charge on any atom is -0.469 e. The first kappa shape index (κ1) is 13.8. The first-order valence-electron chi connectivity index (χ1n) is 7.10. The van der Waals surface area contributed by atoms with E-state index in [4.69, 9.17) is 4.74 Å². The number of aromatic nitrogens is 4. The van der Waals surface area contributed by atoms with Gasteiger partial charge in [0.15, 0.2) is 0 Å². The van der Waals surface area contributed by atoms with Gasteiger partial charge in [0.05, 0.1) is 12.5 Å². The lowest BCUT2D eigenvalue weighted by Crippen LogP contribution is -2.33. The Balaban J connectivity index is 1.98. The summed E-state index contributed by atoms with van der Waals surface area (Å²) in [5.41, 5.74) is 0.495. The number of carbonyl (C=O) groups excluding carboxylic acids is 1. The normalized spacial score (nSPS) is 22.0. The zero-order valence-corrected chi connectivity index (χ0v) is 12.5. The second-order valence-electron chi connectivity index (χ2n) is 5.65. The Hall–Kier alpha value is -2.18. The van der Waals surface area contributed by atoms with Crippen LogP contribution in [0, 0.1) is 5.41 Å². The van der Waals surface area contributed by atoms with Gasteiger partial charge < -0.3 is 9.64 Å². The molecule has 1 unspecified atom stereocenters. The average molecular weight is 289 g/mol. The van der Waals surface area contributed by atoms with E-state index in [9.17, 15) is 4.79 Å². The van der Waals surface area contributed by atoms with Gasteiger partial charge in [0.1, 0.15) is 12.1 Å². The van der Waals surface area contributed by atoms with Crippen LogP contribution in [0.3, 0.4) is 0 Å². The van der Waals surface area contributed by atoms with Crippen LogP contribution in [-0.4, -0.2) is 45.8 Å². The molecule has 3 rings (SSSR count). The summed E-state index contributed by atoms with van der Waals surface area (Å²) in [6.45, 7) is 5.40. The number of fused-ring (bicyclic) bond motifs is 1. The molecule has 0 amide bonds. The van der Waals surface area contributed by atoms with Crippen LogP contribution in [0.1, 0.15) is 26.0 Å². The van der Waals surface area contributed by atoms with Gasteiger partial charge in [-0.3, -0.25) is 4.79 Å². The van der Waals surface area contributed by atoms with E-state index in [-0.39, 0.29) is 5.97 Å². The summed E-state index contributed by atoms with van der Waals surface area (Å²) in [6, 6.07) is 2.02. The van der Waals surface area contributed by atoms with Crippen LogP contribution in [0.2, 0.25) is 0 Å². The molecule has 0 saturated carbocycles. The molecule has 0 aliphatic carbocycles. The molecule has 1 atom stereocenters. The highest BCUT2D eigenvalue weighted by Gasteiger charge is 2.42. The van der Waals surface area contributed by atoms with Gasteiger partial charge in [-0.25, -0.2) is 4.98 Å². The Morgan fingerprint density at radius 3 is 3.05 bits per heavy atom. The molecule has 7 heteroatoms. The number of rotatable bonds is 3. The third-order valence-electron chi connectivity index (χ3n) is 4.12. The van der Waals surface area contributed by atoms with E-state index < -0.39 is 5.41 Å². The first-order chi connectivity index (χ1) is 10.1. The molecule has 0 aromatic carbocycles. The maximum absolute atomic E-state index is 12.0. The molecule has 1 aliphatic heterocycles.